The summed E-state index contributed by atoms with van der Waals surface area (Å²) < 4.78 is 0. The molecule has 0 radical (unpaired) electrons. The van der Waals surface area contributed by atoms with E-state index in [1.165, 1.54) is 24.9 Å². The van der Waals surface area contributed by atoms with Crippen molar-refractivity contribution >= 4 is 28.9 Å². The number of ketones is 1. The van der Waals surface area contributed by atoms with Gasteiger partial charge in [0.2, 0.25) is 0 Å². The Labute approximate surface area is 157 Å². The third kappa shape index (κ3) is 4.55. The van der Waals surface area contributed by atoms with Crippen LogP contribution in [0.15, 0.2) is 60.9 Å². The normalized spacial score (nSPS) is 10.3. The monoisotopic (exact) mass is 360 g/mol. The standard InChI is InChI=1S/C21H20N4O2/c1-3-15-6-4-5-7-18(15)25-20-13-22-19(12-23-20)21(27)24-17-10-8-16(9-11-17)14(2)26/h4-13H,3H2,1-2H3,(H,23,25)(H,24,27). The van der Waals surface area contributed by atoms with E-state index in [2.05, 4.69) is 33.6 Å². The molecular formula is C21H20N4O2. The summed E-state index contributed by atoms with van der Waals surface area (Å²) in [5.74, 6) is 0.184. The van der Waals surface area contributed by atoms with Gasteiger partial charge in [-0.05, 0) is 49.2 Å². The molecule has 0 unspecified atom stereocenters. The van der Waals surface area contributed by atoms with E-state index in [0.29, 0.717) is 17.1 Å². The molecule has 0 aliphatic heterocycles. The van der Waals surface area contributed by atoms with Crippen LogP contribution < -0.4 is 10.6 Å². The highest BCUT2D eigenvalue weighted by atomic mass is 16.2. The number of benzene rings is 2. The fourth-order valence-corrected chi connectivity index (χ4v) is 2.58. The Hall–Kier alpha value is -3.54. The number of aryl methyl sites for hydroxylation is 1. The van der Waals surface area contributed by atoms with E-state index in [4.69, 9.17) is 0 Å². The molecule has 1 heterocycles. The molecule has 136 valence electrons. The molecule has 2 N–H and O–H groups in total. The van der Waals surface area contributed by atoms with Gasteiger partial charge in [-0.3, -0.25) is 9.59 Å². The highest BCUT2D eigenvalue weighted by Gasteiger charge is 2.10. The van der Waals surface area contributed by atoms with Crippen molar-refractivity contribution in [3.63, 3.8) is 0 Å². The smallest absolute Gasteiger partial charge is 0.275 e. The van der Waals surface area contributed by atoms with E-state index in [0.717, 1.165) is 12.1 Å². The minimum Gasteiger partial charge on any atom is -0.339 e. The fraction of sp³-hybridized carbons (Fsp3) is 0.143. The van der Waals surface area contributed by atoms with Gasteiger partial charge in [0.15, 0.2) is 5.78 Å². The number of para-hydroxylation sites is 1. The first-order valence-corrected chi connectivity index (χ1v) is 8.66. The average Bonchev–Trinajstić information content (AvgIpc) is 2.69. The number of nitrogens with zero attached hydrogens (tertiary/aromatic N) is 2. The van der Waals surface area contributed by atoms with Crippen molar-refractivity contribution in [1.29, 1.82) is 0 Å². The first-order chi connectivity index (χ1) is 13.1. The van der Waals surface area contributed by atoms with Gasteiger partial charge in [0.05, 0.1) is 12.4 Å². The van der Waals surface area contributed by atoms with Gasteiger partial charge in [0.25, 0.3) is 5.91 Å². The van der Waals surface area contributed by atoms with Gasteiger partial charge in [-0.25, -0.2) is 9.97 Å². The minimum absolute atomic E-state index is 0.0218. The molecule has 0 spiro atoms. The summed E-state index contributed by atoms with van der Waals surface area (Å²) in [6, 6.07) is 14.7. The van der Waals surface area contributed by atoms with Gasteiger partial charge >= 0.3 is 0 Å². The van der Waals surface area contributed by atoms with E-state index < -0.39 is 0 Å². The van der Waals surface area contributed by atoms with Crippen molar-refractivity contribution in [3.05, 3.63) is 77.7 Å². The summed E-state index contributed by atoms with van der Waals surface area (Å²) in [5, 5.41) is 5.96. The number of Topliss-reactive ketones (excluding diaryl/α,β-unsaturated/α-hetero) is 1. The van der Waals surface area contributed by atoms with Crippen molar-refractivity contribution < 1.29 is 9.59 Å². The Kier molecular flexibility index (Phi) is 5.56. The van der Waals surface area contributed by atoms with E-state index in [9.17, 15) is 9.59 Å². The second-order valence-electron chi connectivity index (χ2n) is 6.01. The lowest BCUT2D eigenvalue weighted by Crippen LogP contribution is -2.14. The predicted octanol–water partition coefficient (Wildman–Crippen LogP) is 4.24. The van der Waals surface area contributed by atoms with Crippen LogP contribution in [-0.4, -0.2) is 21.7 Å². The highest BCUT2D eigenvalue weighted by molar-refractivity contribution is 6.03. The summed E-state index contributed by atoms with van der Waals surface area (Å²) in [6.45, 7) is 3.58. The average molecular weight is 360 g/mol. The van der Waals surface area contributed by atoms with Crippen molar-refractivity contribution in [1.82, 2.24) is 9.97 Å². The molecule has 6 nitrogen and oxygen atoms in total. The maximum Gasteiger partial charge on any atom is 0.275 e. The lowest BCUT2D eigenvalue weighted by Gasteiger charge is -2.10. The van der Waals surface area contributed by atoms with E-state index in [1.807, 2.05) is 18.2 Å². The zero-order valence-electron chi connectivity index (χ0n) is 15.2. The fourth-order valence-electron chi connectivity index (χ4n) is 2.58. The van der Waals surface area contributed by atoms with Crippen LogP contribution in [0.5, 0.6) is 0 Å². The van der Waals surface area contributed by atoms with E-state index >= 15 is 0 Å². The third-order valence-corrected chi connectivity index (χ3v) is 4.09. The second kappa shape index (κ2) is 8.23. The number of carbonyl (C=O) groups is 2. The molecule has 3 rings (SSSR count). The minimum atomic E-state index is -0.362. The molecule has 1 amide bonds. The summed E-state index contributed by atoms with van der Waals surface area (Å²) >= 11 is 0. The second-order valence-corrected chi connectivity index (χ2v) is 6.01. The zero-order chi connectivity index (χ0) is 19.2. The van der Waals surface area contributed by atoms with Crippen LogP contribution in [0, 0.1) is 0 Å². The Balaban J connectivity index is 1.67. The van der Waals surface area contributed by atoms with Crippen molar-refractivity contribution in [2.75, 3.05) is 10.6 Å². The lowest BCUT2D eigenvalue weighted by atomic mass is 10.1. The Morgan fingerprint density at radius 3 is 2.33 bits per heavy atom. The number of nitrogens with one attached hydrogen (secondary N) is 2. The molecule has 6 heteroatoms. The number of hydrogen-bond acceptors (Lipinski definition) is 5. The van der Waals surface area contributed by atoms with Crippen LogP contribution >= 0.6 is 0 Å². The highest BCUT2D eigenvalue weighted by Crippen LogP contribution is 2.19. The lowest BCUT2D eigenvalue weighted by molar-refractivity contribution is 0.101. The molecule has 27 heavy (non-hydrogen) atoms. The van der Waals surface area contributed by atoms with Gasteiger partial charge in [0.1, 0.15) is 11.5 Å². The summed E-state index contributed by atoms with van der Waals surface area (Å²) in [6.07, 6.45) is 3.86. The number of carbonyl (C=O) groups excluding carboxylic acids is 2. The third-order valence-electron chi connectivity index (χ3n) is 4.09. The van der Waals surface area contributed by atoms with Gasteiger partial charge < -0.3 is 10.6 Å². The molecule has 2 aromatic carbocycles. The van der Waals surface area contributed by atoms with Crippen LogP contribution in [0.25, 0.3) is 0 Å². The van der Waals surface area contributed by atoms with Crippen LogP contribution in [-0.2, 0) is 6.42 Å². The molecule has 0 aliphatic carbocycles. The van der Waals surface area contributed by atoms with E-state index in [-0.39, 0.29) is 17.4 Å². The Morgan fingerprint density at radius 2 is 1.70 bits per heavy atom. The van der Waals surface area contributed by atoms with Crippen molar-refractivity contribution in [2.45, 2.75) is 20.3 Å². The maximum atomic E-state index is 12.3. The van der Waals surface area contributed by atoms with Gasteiger partial charge in [-0.2, -0.15) is 0 Å². The molecular weight excluding hydrogens is 340 g/mol. The van der Waals surface area contributed by atoms with Gasteiger partial charge in [0, 0.05) is 16.9 Å². The van der Waals surface area contributed by atoms with Gasteiger partial charge in [-0.1, -0.05) is 25.1 Å². The summed E-state index contributed by atoms with van der Waals surface area (Å²) in [5.41, 5.74) is 3.54. The van der Waals surface area contributed by atoms with Crippen LogP contribution in [0.3, 0.4) is 0 Å². The molecule has 0 aliphatic rings. The van der Waals surface area contributed by atoms with Crippen LogP contribution in [0.2, 0.25) is 0 Å². The quantitative estimate of drug-likeness (QED) is 0.643. The largest absolute Gasteiger partial charge is 0.339 e. The molecule has 0 atom stereocenters. The number of rotatable bonds is 6. The van der Waals surface area contributed by atoms with Crippen LogP contribution in [0.1, 0.15) is 40.3 Å². The molecule has 0 saturated carbocycles. The number of hydrogen-bond donors (Lipinski definition) is 2. The first kappa shape index (κ1) is 18.3. The number of aromatic nitrogens is 2. The molecule has 3 aromatic rings. The molecule has 0 fully saturated rings. The SMILES string of the molecule is CCc1ccccc1Nc1cnc(C(=O)Nc2ccc(C(C)=O)cc2)cn1. The maximum absolute atomic E-state index is 12.3. The number of amides is 1. The summed E-state index contributed by atoms with van der Waals surface area (Å²) in [7, 11) is 0. The molecule has 1 aromatic heterocycles. The van der Waals surface area contributed by atoms with E-state index in [1.54, 1.807) is 24.3 Å². The first-order valence-electron chi connectivity index (χ1n) is 8.66. The van der Waals surface area contributed by atoms with Crippen molar-refractivity contribution in [2.24, 2.45) is 0 Å². The zero-order valence-corrected chi connectivity index (χ0v) is 15.2. The van der Waals surface area contributed by atoms with Crippen molar-refractivity contribution in [3.8, 4) is 0 Å². The molecule has 0 saturated heterocycles. The Bertz CT molecular complexity index is 951. The number of anilines is 3. The predicted molar refractivity (Wildman–Crippen MR) is 106 cm³/mol. The molecule has 0 bridgehead atoms. The Morgan fingerprint density at radius 1 is 0.963 bits per heavy atom. The topological polar surface area (TPSA) is 84.0 Å². The summed E-state index contributed by atoms with van der Waals surface area (Å²) in [4.78, 5) is 32.0. The van der Waals surface area contributed by atoms with Gasteiger partial charge in [-0.15, -0.1) is 0 Å². The van der Waals surface area contributed by atoms with Crippen LogP contribution in [0.4, 0.5) is 17.2 Å².